The Labute approximate surface area is 217 Å². The normalized spacial score (nSPS) is 21.5. The van der Waals surface area contributed by atoms with Crippen molar-refractivity contribution in [1.29, 1.82) is 0 Å². The SMILES string of the molecule is C[C@@H](Nc1ncnc2c1cc(C13CC1CN(C(=O)OC(C)(C)C)C3)c(=O)n2C)c1cccc(C(F)F)c1F. The minimum atomic E-state index is -2.93. The molecule has 1 aliphatic carbocycles. The van der Waals surface area contributed by atoms with Crippen LogP contribution in [0, 0.1) is 11.7 Å². The van der Waals surface area contributed by atoms with Crippen LogP contribution in [0.3, 0.4) is 0 Å². The number of amides is 1. The molecule has 5 rings (SSSR count). The zero-order valence-corrected chi connectivity index (χ0v) is 21.9. The number of anilines is 1. The van der Waals surface area contributed by atoms with Crippen LogP contribution in [0.2, 0.25) is 0 Å². The van der Waals surface area contributed by atoms with Crippen molar-refractivity contribution in [1.82, 2.24) is 19.4 Å². The summed E-state index contributed by atoms with van der Waals surface area (Å²) in [6.07, 6.45) is -1.28. The first-order valence-electron chi connectivity index (χ1n) is 12.5. The van der Waals surface area contributed by atoms with Crippen LogP contribution in [0.1, 0.15) is 63.3 Å². The number of likely N-dealkylation sites (tertiary alicyclic amines) is 1. The number of ether oxygens (including phenoxy) is 1. The Morgan fingerprint density at radius 2 is 1.95 bits per heavy atom. The van der Waals surface area contributed by atoms with E-state index in [1.165, 1.54) is 23.0 Å². The first-order valence-corrected chi connectivity index (χ1v) is 12.5. The molecule has 3 atom stereocenters. The Bertz CT molecular complexity index is 1490. The first-order chi connectivity index (χ1) is 17.8. The van der Waals surface area contributed by atoms with Crippen molar-refractivity contribution in [3.63, 3.8) is 0 Å². The van der Waals surface area contributed by atoms with Gasteiger partial charge in [-0.15, -0.1) is 0 Å². The molecule has 0 spiro atoms. The second-order valence-corrected chi connectivity index (χ2v) is 11.2. The van der Waals surface area contributed by atoms with Gasteiger partial charge >= 0.3 is 6.09 Å². The molecule has 1 aliphatic heterocycles. The number of fused-ring (bicyclic) bond motifs is 2. The number of aromatic nitrogens is 3. The van der Waals surface area contributed by atoms with E-state index in [1.807, 2.05) is 20.8 Å². The number of hydrogen-bond donors (Lipinski definition) is 1. The molecule has 8 nitrogen and oxygen atoms in total. The van der Waals surface area contributed by atoms with Crippen molar-refractivity contribution < 1.29 is 22.7 Å². The molecule has 3 aromatic rings. The summed E-state index contributed by atoms with van der Waals surface area (Å²) in [5.41, 5.74) is -0.984. The van der Waals surface area contributed by atoms with E-state index in [9.17, 15) is 22.8 Å². The number of halogens is 3. The lowest BCUT2D eigenvalue weighted by Crippen LogP contribution is -2.39. The van der Waals surface area contributed by atoms with E-state index < -0.39 is 41.0 Å². The lowest BCUT2D eigenvalue weighted by molar-refractivity contribution is 0.0270. The maximum Gasteiger partial charge on any atom is 0.410 e. The molecule has 0 radical (unpaired) electrons. The van der Waals surface area contributed by atoms with E-state index in [0.717, 1.165) is 12.5 Å². The van der Waals surface area contributed by atoms with Crippen LogP contribution in [0.25, 0.3) is 11.0 Å². The maximum atomic E-state index is 14.8. The summed E-state index contributed by atoms with van der Waals surface area (Å²) < 4.78 is 48.2. The molecule has 2 aliphatic rings. The van der Waals surface area contributed by atoms with Gasteiger partial charge in [-0.05, 0) is 46.1 Å². The molecular weight excluding hydrogens is 499 g/mol. The lowest BCUT2D eigenvalue weighted by Gasteiger charge is -2.26. The monoisotopic (exact) mass is 529 g/mol. The van der Waals surface area contributed by atoms with Crippen molar-refractivity contribution in [3.8, 4) is 0 Å². The van der Waals surface area contributed by atoms with Crippen molar-refractivity contribution in [2.45, 2.75) is 57.6 Å². The summed E-state index contributed by atoms with van der Waals surface area (Å²) in [6.45, 7) is 7.94. The van der Waals surface area contributed by atoms with Crippen molar-refractivity contribution >= 4 is 22.9 Å². The standard InChI is InChI=1S/C27H30F3N5O3/c1-14(16-7-6-8-17(20(16)28)21(29)30)33-22-18-9-19(24(36)34(5)23(18)32-13-31-22)27-10-15(27)11-35(12-27)25(37)38-26(2,3)4/h6-9,13-15,21H,10-12H2,1-5H3,(H,31,32,33)/t14-,15?,27?/m1/s1. The number of piperidine rings is 1. The highest BCUT2D eigenvalue weighted by molar-refractivity contribution is 5.87. The Kier molecular flexibility index (Phi) is 6.15. The number of benzene rings is 1. The van der Waals surface area contributed by atoms with Gasteiger partial charge in [0.2, 0.25) is 0 Å². The molecule has 1 saturated heterocycles. The number of carbonyl (C=O) groups excluding carboxylic acids is 1. The van der Waals surface area contributed by atoms with Gasteiger partial charge in [0.1, 0.15) is 29.2 Å². The topological polar surface area (TPSA) is 89.4 Å². The number of nitrogens with zero attached hydrogens (tertiary/aromatic N) is 4. The van der Waals surface area contributed by atoms with Crippen LogP contribution in [-0.2, 0) is 17.2 Å². The molecule has 0 bridgehead atoms. The third-order valence-corrected chi connectivity index (χ3v) is 7.45. The fourth-order valence-corrected chi connectivity index (χ4v) is 5.46. The molecular formula is C27H30F3N5O3. The molecule has 11 heteroatoms. The van der Waals surface area contributed by atoms with Gasteiger partial charge in [0, 0.05) is 36.7 Å². The highest BCUT2D eigenvalue weighted by Crippen LogP contribution is 2.58. The van der Waals surface area contributed by atoms with Gasteiger partial charge in [0.25, 0.3) is 12.0 Å². The van der Waals surface area contributed by atoms with Crippen molar-refractivity contribution in [2.75, 3.05) is 18.4 Å². The van der Waals surface area contributed by atoms with E-state index in [0.29, 0.717) is 35.5 Å². The van der Waals surface area contributed by atoms with E-state index in [1.54, 1.807) is 24.9 Å². The van der Waals surface area contributed by atoms with Crippen LogP contribution in [0.5, 0.6) is 0 Å². The third-order valence-electron chi connectivity index (χ3n) is 7.45. The van der Waals surface area contributed by atoms with Crippen LogP contribution < -0.4 is 10.9 Å². The second kappa shape index (κ2) is 8.99. The molecule has 1 saturated carbocycles. The summed E-state index contributed by atoms with van der Waals surface area (Å²) in [5.74, 6) is -0.495. The summed E-state index contributed by atoms with van der Waals surface area (Å²) in [7, 11) is 1.62. The van der Waals surface area contributed by atoms with Crippen LogP contribution in [-0.4, -0.2) is 44.2 Å². The van der Waals surface area contributed by atoms with Gasteiger partial charge in [-0.2, -0.15) is 0 Å². The molecule has 1 amide bonds. The average Bonchev–Trinajstić information content (AvgIpc) is 3.40. The van der Waals surface area contributed by atoms with Gasteiger partial charge in [-0.3, -0.25) is 9.36 Å². The highest BCUT2D eigenvalue weighted by Gasteiger charge is 2.63. The molecule has 202 valence electrons. The minimum absolute atomic E-state index is 0.0734. The smallest absolute Gasteiger partial charge is 0.410 e. The molecule has 2 fully saturated rings. The lowest BCUT2D eigenvalue weighted by atomic mass is 9.95. The van der Waals surface area contributed by atoms with E-state index >= 15 is 0 Å². The fraction of sp³-hybridized carbons (Fsp3) is 0.481. The Morgan fingerprint density at radius 1 is 1.24 bits per heavy atom. The van der Waals surface area contributed by atoms with Gasteiger partial charge in [0.05, 0.1) is 17.0 Å². The minimum Gasteiger partial charge on any atom is -0.444 e. The highest BCUT2D eigenvalue weighted by atomic mass is 19.3. The van der Waals surface area contributed by atoms with E-state index in [2.05, 4.69) is 15.3 Å². The van der Waals surface area contributed by atoms with Crippen LogP contribution >= 0.6 is 0 Å². The Morgan fingerprint density at radius 3 is 2.63 bits per heavy atom. The van der Waals surface area contributed by atoms with Crippen LogP contribution in [0.15, 0.2) is 35.4 Å². The summed E-state index contributed by atoms with van der Waals surface area (Å²) >= 11 is 0. The molecule has 3 heterocycles. The zero-order valence-electron chi connectivity index (χ0n) is 21.9. The second-order valence-electron chi connectivity index (χ2n) is 11.2. The number of aryl methyl sites for hydroxylation is 1. The van der Waals surface area contributed by atoms with Gasteiger partial charge in [0.15, 0.2) is 0 Å². The van der Waals surface area contributed by atoms with Crippen molar-refractivity contribution in [3.05, 3.63) is 63.5 Å². The van der Waals surface area contributed by atoms with Gasteiger partial charge < -0.3 is 15.0 Å². The summed E-state index contributed by atoms with van der Waals surface area (Å²) in [4.78, 5) is 36.4. The number of rotatable bonds is 5. The van der Waals surface area contributed by atoms with Gasteiger partial charge in [-0.25, -0.2) is 27.9 Å². The van der Waals surface area contributed by atoms with E-state index in [-0.39, 0.29) is 17.0 Å². The largest absolute Gasteiger partial charge is 0.444 e. The molecule has 1 aromatic carbocycles. The summed E-state index contributed by atoms with van der Waals surface area (Å²) in [6, 6.07) is 4.94. The average molecular weight is 530 g/mol. The van der Waals surface area contributed by atoms with Gasteiger partial charge in [-0.1, -0.05) is 18.2 Å². The van der Waals surface area contributed by atoms with Crippen LogP contribution in [0.4, 0.5) is 23.8 Å². The Balaban J connectivity index is 1.50. The number of carbonyl (C=O) groups is 1. The third kappa shape index (κ3) is 4.37. The van der Waals surface area contributed by atoms with E-state index in [4.69, 9.17) is 4.74 Å². The predicted molar refractivity (Wildman–Crippen MR) is 136 cm³/mol. The number of pyridine rings is 1. The molecule has 2 unspecified atom stereocenters. The Hall–Kier alpha value is -3.63. The maximum absolute atomic E-state index is 14.8. The fourth-order valence-electron chi connectivity index (χ4n) is 5.46. The quantitative estimate of drug-likeness (QED) is 0.496. The van der Waals surface area contributed by atoms with Crippen molar-refractivity contribution in [2.24, 2.45) is 13.0 Å². The first kappa shape index (κ1) is 26.0. The zero-order chi connectivity index (χ0) is 27.6. The number of hydrogen-bond acceptors (Lipinski definition) is 6. The summed E-state index contributed by atoms with van der Waals surface area (Å²) in [5, 5.41) is 3.66. The molecule has 38 heavy (non-hydrogen) atoms. The number of nitrogens with one attached hydrogen (secondary N) is 1. The predicted octanol–water partition coefficient (Wildman–Crippen LogP) is 5.09. The molecule has 1 N–H and O–H groups in total. The number of alkyl halides is 2. The molecule has 2 aromatic heterocycles.